The highest BCUT2D eigenvalue weighted by Crippen LogP contribution is 2.33. The summed E-state index contributed by atoms with van der Waals surface area (Å²) >= 11 is 8.02. The van der Waals surface area contributed by atoms with Crippen molar-refractivity contribution in [3.8, 4) is 0 Å². The molecule has 0 amide bonds. The van der Waals surface area contributed by atoms with Crippen LogP contribution in [0.4, 0.5) is 5.82 Å². The first-order valence-corrected chi connectivity index (χ1v) is 6.30. The van der Waals surface area contributed by atoms with Crippen LogP contribution in [0.5, 0.6) is 0 Å². The Kier molecular flexibility index (Phi) is 3.07. The first-order valence-electron chi connectivity index (χ1n) is 4.94. The van der Waals surface area contributed by atoms with Gasteiger partial charge in [-0.1, -0.05) is 11.6 Å². The minimum Gasteiger partial charge on any atom is -0.352 e. The molecule has 1 saturated heterocycles. The molecular formula is C10H14ClN3S. The summed E-state index contributed by atoms with van der Waals surface area (Å²) in [5, 5.41) is 0.500. The number of halogens is 1. The first-order chi connectivity index (χ1) is 7.08. The van der Waals surface area contributed by atoms with Gasteiger partial charge in [0, 0.05) is 36.0 Å². The van der Waals surface area contributed by atoms with E-state index in [2.05, 4.69) is 28.7 Å². The van der Waals surface area contributed by atoms with E-state index in [4.69, 9.17) is 11.6 Å². The van der Waals surface area contributed by atoms with Gasteiger partial charge in [0.15, 0.2) is 11.0 Å². The Morgan fingerprint density at radius 3 is 2.80 bits per heavy atom. The molecule has 1 aromatic heterocycles. The molecule has 0 radical (unpaired) electrons. The van der Waals surface area contributed by atoms with Crippen molar-refractivity contribution < 1.29 is 0 Å². The second-order valence-electron chi connectivity index (χ2n) is 4.20. The van der Waals surface area contributed by atoms with Crippen molar-refractivity contribution in [3.63, 3.8) is 0 Å². The lowest BCUT2D eigenvalue weighted by molar-refractivity contribution is 0.641. The van der Waals surface area contributed by atoms with Crippen molar-refractivity contribution in [3.05, 3.63) is 17.5 Å². The molecule has 1 aliphatic rings. The lowest BCUT2D eigenvalue weighted by Gasteiger charge is -2.38. The summed E-state index contributed by atoms with van der Waals surface area (Å²) in [6.07, 6.45) is 3.31. The molecule has 1 aliphatic heterocycles. The van der Waals surface area contributed by atoms with Gasteiger partial charge in [0.1, 0.15) is 0 Å². The van der Waals surface area contributed by atoms with Gasteiger partial charge >= 0.3 is 0 Å². The van der Waals surface area contributed by atoms with E-state index in [-0.39, 0.29) is 4.75 Å². The van der Waals surface area contributed by atoms with Crippen molar-refractivity contribution >= 4 is 29.2 Å². The summed E-state index contributed by atoms with van der Waals surface area (Å²) in [6.45, 7) is 6.45. The highest BCUT2D eigenvalue weighted by Gasteiger charge is 2.28. The molecule has 1 aromatic rings. The average molecular weight is 244 g/mol. The summed E-state index contributed by atoms with van der Waals surface area (Å²) in [5.74, 6) is 1.92. The Labute approximate surface area is 99.2 Å². The molecule has 15 heavy (non-hydrogen) atoms. The molecule has 82 valence electrons. The zero-order valence-electron chi connectivity index (χ0n) is 8.90. The summed E-state index contributed by atoms with van der Waals surface area (Å²) in [5.41, 5.74) is 0. The molecule has 0 atom stereocenters. The third kappa shape index (κ3) is 2.55. The summed E-state index contributed by atoms with van der Waals surface area (Å²) in [4.78, 5) is 10.6. The van der Waals surface area contributed by atoms with Gasteiger partial charge in [-0.25, -0.2) is 9.97 Å². The molecule has 5 heteroatoms. The van der Waals surface area contributed by atoms with E-state index in [0.717, 1.165) is 24.7 Å². The van der Waals surface area contributed by atoms with Crippen LogP contribution < -0.4 is 4.90 Å². The zero-order chi connectivity index (χ0) is 10.9. The first kappa shape index (κ1) is 11.0. The van der Waals surface area contributed by atoms with Crippen molar-refractivity contribution in [2.45, 2.75) is 18.6 Å². The molecule has 0 aromatic carbocycles. The maximum absolute atomic E-state index is 6.03. The number of nitrogens with zero attached hydrogens (tertiary/aromatic N) is 3. The van der Waals surface area contributed by atoms with Crippen LogP contribution in [0, 0.1) is 0 Å². The molecule has 0 unspecified atom stereocenters. The van der Waals surface area contributed by atoms with Gasteiger partial charge in [-0.15, -0.1) is 0 Å². The van der Waals surface area contributed by atoms with E-state index < -0.39 is 0 Å². The van der Waals surface area contributed by atoms with Crippen LogP contribution >= 0.6 is 23.4 Å². The van der Waals surface area contributed by atoms with E-state index >= 15 is 0 Å². The van der Waals surface area contributed by atoms with E-state index in [1.165, 1.54) is 0 Å². The maximum atomic E-state index is 6.03. The second kappa shape index (κ2) is 4.18. The average Bonchev–Trinajstić information content (AvgIpc) is 2.17. The smallest absolute Gasteiger partial charge is 0.171 e. The third-order valence-corrected chi connectivity index (χ3v) is 3.92. The Morgan fingerprint density at radius 2 is 2.13 bits per heavy atom. The van der Waals surface area contributed by atoms with Crippen LogP contribution in [-0.4, -0.2) is 33.6 Å². The fraction of sp³-hybridized carbons (Fsp3) is 0.600. The SMILES string of the molecule is CC1(C)CN(c2nccnc2Cl)CCS1. The second-order valence-corrected chi connectivity index (χ2v) is 6.36. The third-order valence-electron chi connectivity index (χ3n) is 2.36. The number of hydrogen-bond donors (Lipinski definition) is 0. The van der Waals surface area contributed by atoms with Gasteiger partial charge in [0.2, 0.25) is 0 Å². The fourth-order valence-electron chi connectivity index (χ4n) is 1.72. The maximum Gasteiger partial charge on any atom is 0.171 e. The Bertz CT molecular complexity index is 356. The number of anilines is 1. The molecule has 0 N–H and O–H groups in total. The number of hydrogen-bond acceptors (Lipinski definition) is 4. The molecule has 2 rings (SSSR count). The quantitative estimate of drug-likeness (QED) is 0.758. The largest absolute Gasteiger partial charge is 0.352 e. The standard InChI is InChI=1S/C10H14ClN3S/c1-10(2)7-14(5-6-15-10)9-8(11)12-3-4-13-9/h3-4H,5-7H2,1-2H3. The van der Waals surface area contributed by atoms with Crippen LogP contribution in [0.15, 0.2) is 12.4 Å². The molecule has 1 fully saturated rings. The van der Waals surface area contributed by atoms with Gasteiger partial charge in [-0.05, 0) is 13.8 Å². The van der Waals surface area contributed by atoms with Crippen molar-refractivity contribution in [1.29, 1.82) is 0 Å². The normalized spacial score (nSPS) is 20.3. The molecule has 0 spiro atoms. The molecule has 0 aliphatic carbocycles. The predicted octanol–water partition coefficient (Wildman–Crippen LogP) is 2.46. The van der Waals surface area contributed by atoms with Crippen LogP contribution in [0.25, 0.3) is 0 Å². The lowest BCUT2D eigenvalue weighted by Crippen LogP contribution is -2.43. The van der Waals surface area contributed by atoms with E-state index in [1.807, 2.05) is 11.8 Å². The Hall–Kier alpha value is -0.480. The van der Waals surface area contributed by atoms with Gasteiger partial charge in [0.25, 0.3) is 0 Å². The molecular weight excluding hydrogens is 230 g/mol. The van der Waals surface area contributed by atoms with Crippen molar-refractivity contribution in [2.24, 2.45) is 0 Å². The predicted molar refractivity (Wildman–Crippen MR) is 65.8 cm³/mol. The van der Waals surface area contributed by atoms with E-state index in [9.17, 15) is 0 Å². The minimum atomic E-state index is 0.263. The Balaban J connectivity index is 2.21. The topological polar surface area (TPSA) is 29.0 Å². The molecule has 0 saturated carbocycles. The Morgan fingerprint density at radius 1 is 1.40 bits per heavy atom. The molecule has 3 nitrogen and oxygen atoms in total. The van der Waals surface area contributed by atoms with Gasteiger partial charge < -0.3 is 4.90 Å². The van der Waals surface area contributed by atoms with Crippen molar-refractivity contribution in [1.82, 2.24) is 9.97 Å². The van der Waals surface area contributed by atoms with E-state index in [0.29, 0.717) is 5.15 Å². The van der Waals surface area contributed by atoms with Gasteiger partial charge in [-0.3, -0.25) is 0 Å². The summed E-state index contributed by atoms with van der Waals surface area (Å²) in [7, 11) is 0. The van der Waals surface area contributed by atoms with Crippen LogP contribution in [0.1, 0.15) is 13.8 Å². The minimum absolute atomic E-state index is 0.263. The van der Waals surface area contributed by atoms with Gasteiger partial charge in [-0.2, -0.15) is 11.8 Å². The number of aromatic nitrogens is 2. The molecule has 2 heterocycles. The summed E-state index contributed by atoms with van der Waals surface area (Å²) in [6, 6.07) is 0. The van der Waals surface area contributed by atoms with Crippen LogP contribution in [0.2, 0.25) is 5.15 Å². The van der Waals surface area contributed by atoms with Crippen LogP contribution in [0.3, 0.4) is 0 Å². The van der Waals surface area contributed by atoms with Crippen LogP contribution in [-0.2, 0) is 0 Å². The lowest BCUT2D eigenvalue weighted by atomic mass is 10.2. The highest BCUT2D eigenvalue weighted by atomic mass is 35.5. The molecule has 0 bridgehead atoms. The summed E-state index contributed by atoms with van der Waals surface area (Å²) < 4.78 is 0.263. The number of thioether (sulfide) groups is 1. The highest BCUT2D eigenvalue weighted by molar-refractivity contribution is 8.00. The fourth-order valence-corrected chi connectivity index (χ4v) is 3.06. The van der Waals surface area contributed by atoms with Gasteiger partial charge in [0.05, 0.1) is 0 Å². The van der Waals surface area contributed by atoms with Crippen molar-refractivity contribution in [2.75, 3.05) is 23.7 Å². The number of rotatable bonds is 1. The monoisotopic (exact) mass is 243 g/mol. The van der Waals surface area contributed by atoms with E-state index in [1.54, 1.807) is 12.4 Å². The zero-order valence-corrected chi connectivity index (χ0v) is 10.5.